The number of nitrogens with two attached hydrogens (primary N) is 1. The van der Waals surface area contributed by atoms with E-state index in [2.05, 4.69) is 79.1 Å². The first kappa shape index (κ1) is 26.3. The highest BCUT2D eigenvalue weighted by Crippen LogP contribution is 2.42. The van der Waals surface area contributed by atoms with Gasteiger partial charge in [-0.05, 0) is 61.5 Å². The van der Waals surface area contributed by atoms with Crippen LogP contribution < -0.4 is 9.86 Å². The number of benzene rings is 2. The number of aryl methyl sites for hydroxylation is 1. The first-order chi connectivity index (χ1) is 14.7. The van der Waals surface area contributed by atoms with Crippen molar-refractivity contribution in [2.75, 3.05) is 13.7 Å². The molecule has 0 unspecified atom stereocenters. The molecule has 0 spiro atoms. The molecule has 3 nitrogen and oxygen atoms in total. The fourth-order valence-corrected chi connectivity index (χ4v) is 4.52. The van der Waals surface area contributed by atoms with Crippen LogP contribution in [0.15, 0.2) is 60.7 Å². The lowest BCUT2D eigenvalue weighted by Crippen LogP contribution is -2.37. The summed E-state index contributed by atoms with van der Waals surface area (Å²) in [7, 11) is 1.74. The molecule has 0 saturated heterocycles. The molecule has 164 valence electrons. The summed E-state index contributed by atoms with van der Waals surface area (Å²) in [6.07, 6.45) is 16.5. The molecule has 0 aliphatic heterocycles. The highest BCUT2D eigenvalue weighted by molar-refractivity contribution is 7.95. The summed E-state index contributed by atoms with van der Waals surface area (Å²) in [5.74, 6) is 0. The minimum atomic E-state index is 0.401. The molecule has 3 rings (SSSR count). The molecule has 3 N–H and O–H groups in total. The van der Waals surface area contributed by atoms with Crippen LogP contribution in [0.3, 0.4) is 0 Å². The topological polar surface area (TPSA) is 47.3 Å². The Morgan fingerprint density at radius 1 is 1.03 bits per heavy atom. The van der Waals surface area contributed by atoms with Crippen molar-refractivity contribution < 1.29 is 4.74 Å². The zero-order chi connectivity index (χ0) is 22.1. The molecular formula is C26H38N2OS. The van der Waals surface area contributed by atoms with Crippen LogP contribution in [0.25, 0.3) is 0 Å². The maximum Gasteiger partial charge on any atom is 0.0465 e. The lowest BCUT2D eigenvalue weighted by Gasteiger charge is -2.40. The van der Waals surface area contributed by atoms with E-state index in [0.29, 0.717) is 11.5 Å². The van der Waals surface area contributed by atoms with Crippen molar-refractivity contribution in [3.05, 3.63) is 71.8 Å². The van der Waals surface area contributed by atoms with Crippen LogP contribution in [-0.4, -0.2) is 19.8 Å². The van der Waals surface area contributed by atoms with Crippen LogP contribution in [0.1, 0.15) is 56.6 Å². The van der Waals surface area contributed by atoms with Crippen LogP contribution >= 0.6 is 12.1 Å². The van der Waals surface area contributed by atoms with Gasteiger partial charge in [0.1, 0.15) is 0 Å². The van der Waals surface area contributed by atoms with Crippen molar-refractivity contribution in [3.8, 4) is 12.8 Å². The van der Waals surface area contributed by atoms with Gasteiger partial charge in [-0.3, -0.25) is 5.14 Å². The van der Waals surface area contributed by atoms with Crippen LogP contribution in [-0.2, 0) is 16.6 Å². The lowest BCUT2D eigenvalue weighted by atomic mass is 9.67. The highest BCUT2D eigenvalue weighted by atomic mass is 32.2. The Labute approximate surface area is 188 Å². The maximum atomic E-state index is 5.48. The molecule has 1 aliphatic rings. The SMILES string of the molecule is C#C.CCC1(c2ccccc2)CCC(NSN)CC1.COCCCc1ccccc1. The molecule has 0 radical (unpaired) electrons. The Kier molecular flexibility index (Phi) is 14.0. The van der Waals surface area contributed by atoms with Crippen LogP contribution in [0.2, 0.25) is 0 Å². The van der Waals surface area contributed by atoms with Crippen LogP contribution in [0.5, 0.6) is 0 Å². The predicted molar refractivity (Wildman–Crippen MR) is 132 cm³/mol. The Bertz CT molecular complexity index is 667. The molecule has 1 aliphatic carbocycles. The van der Waals surface area contributed by atoms with Crippen molar-refractivity contribution in [3.63, 3.8) is 0 Å². The number of terminal acetylenes is 1. The maximum absolute atomic E-state index is 5.48. The molecule has 30 heavy (non-hydrogen) atoms. The predicted octanol–water partition coefficient (Wildman–Crippen LogP) is 5.90. The van der Waals surface area contributed by atoms with Gasteiger partial charge in [-0.15, -0.1) is 12.8 Å². The molecular weight excluding hydrogens is 388 g/mol. The molecule has 1 fully saturated rings. The van der Waals surface area contributed by atoms with Gasteiger partial charge in [0, 0.05) is 31.9 Å². The molecule has 0 atom stereocenters. The van der Waals surface area contributed by atoms with Gasteiger partial charge in [-0.25, -0.2) is 4.72 Å². The minimum absolute atomic E-state index is 0.401. The second kappa shape index (κ2) is 16.0. The average molecular weight is 427 g/mol. The van der Waals surface area contributed by atoms with Crippen molar-refractivity contribution in [2.45, 2.75) is 63.3 Å². The zero-order valence-electron chi connectivity index (χ0n) is 18.6. The quantitative estimate of drug-likeness (QED) is 0.313. The summed E-state index contributed by atoms with van der Waals surface area (Å²) in [6.45, 7) is 3.17. The monoisotopic (exact) mass is 426 g/mol. The van der Waals surface area contributed by atoms with Crippen molar-refractivity contribution >= 4 is 12.1 Å². The Hall–Kier alpha value is -1.77. The van der Waals surface area contributed by atoms with Crippen molar-refractivity contribution in [2.24, 2.45) is 5.14 Å². The van der Waals surface area contributed by atoms with E-state index in [1.807, 2.05) is 6.07 Å². The van der Waals surface area contributed by atoms with Gasteiger partial charge in [0.2, 0.25) is 0 Å². The van der Waals surface area contributed by atoms with Crippen molar-refractivity contribution in [1.82, 2.24) is 4.72 Å². The first-order valence-corrected chi connectivity index (χ1v) is 11.6. The smallest absolute Gasteiger partial charge is 0.0465 e. The fourth-order valence-electron chi connectivity index (χ4n) is 4.09. The lowest BCUT2D eigenvalue weighted by molar-refractivity contribution is 0.195. The van der Waals surface area contributed by atoms with Gasteiger partial charge in [0.25, 0.3) is 0 Å². The van der Waals surface area contributed by atoms with E-state index in [9.17, 15) is 0 Å². The molecule has 0 amide bonds. The van der Waals surface area contributed by atoms with Crippen LogP contribution in [0.4, 0.5) is 0 Å². The van der Waals surface area contributed by atoms with Gasteiger partial charge >= 0.3 is 0 Å². The summed E-state index contributed by atoms with van der Waals surface area (Å²) >= 11 is 1.26. The second-order valence-electron chi connectivity index (χ2n) is 7.59. The summed E-state index contributed by atoms with van der Waals surface area (Å²) in [5, 5.41) is 5.48. The van der Waals surface area contributed by atoms with Gasteiger partial charge in [0.05, 0.1) is 0 Å². The minimum Gasteiger partial charge on any atom is -0.385 e. The van der Waals surface area contributed by atoms with E-state index >= 15 is 0 Å². The second-order valence-corrected chi connectivity index (χ2v) is 8.06. The Morgan fingerprint density at radius 2 is 1.60 bits per heavy atom. The van der Waals surface area contributed by atoms with Gasteiger partial charge in [0.15, 0.2) is 0 Å². The van der Waals surface area contributed by atoms with Crippen LogP contribution in [0, 0.1) is 12.8 Å². The van der Waals surface area contributed by atoms with E-state index in [0.717, 1.165) is 19.4 Å². The van der Waals surface area contributed by atoms with Gasteiger partial charge in [-0.1, -0.05) is 67.6 Å². The largest absolute Gasteiger partial charge is 0.385 e. The van der Waals surface area contributed by atoms with Crippen molar-refractivity contribution in [1.29, 1.82) is 0 Å². The fraction of sp³-hybridized carbons (Fsp3) is 0.462. The summed E-state index contributed by atoms with van der Waals surface area (Å²) in [5.41, 5.74) is 3.31. The molecule has 4 heteroatoms. The van der Waals surface area contributed by atoms with E-state index < -0.39 is 0 Å². The van der Waals surface area contributed by atoms with Gasteiger partial charge in [-0.2, -0.15) is 0 Å². The third-order valence-electron chi connectivity index (χ3n) is 5.90. The molecule has 2 aromatic rings. The molecule has 0 aromatic heterocycles. The van der Waals surface area contributed by atoms with E-state index in [1.165, 1.54) is 55.4 Å². The number of nitrogens with one attached hydrogen (secondary N) is 1. The first-order valence-electron chi connectivity index (χ1n) is 10.8. The number of methoxy groups -OCH3 is 1. The zero-order valence-corrected chi connectivity index (χ0v) is 19.4. The summed E-state index contributed by atoms with van der Waals surface area (Å²) in [6, 6.07) is 22.1. The third kappa shape index (κ3) is 8.93. The van der Waals surface area contributed by atoms with E-state index in [-0.39, 0.29) is 0 Å². The number of ether oxygens (including phenoxy) is 1. The number of hydrogen-bond donors (Lipinski definition) is 2. The molecule has 0 heterocycles. The standard InChI is InChI=1S/C14H22N2S.C10H14O.C2H2/c1-2-14(12-6-4-3-5-7-12)10-8-13(9-11-14)16-17-15;1-11-9-5-8-10-6-3-2-4-7-10;1-2/h3-7,13,16H,2,8-11,15H2,1H3;2-4,6-7H,5,8-9H2,1H3;1-2H. The Balaban J connectivity index is 0.000000300. The van der Waals surface area contributed by atoms with Gasteiger partial charge < -0.3 is 4.74 Å². The highest BCUT2D eigenvalue weighted by Gasteiger charge is 2.34. The molecule has 1 saturated carbocycles. The summed E-state index contributed by atoms with van der Waals surface area (Å²) < 4.78 is 8.26. The Morgan fingerprint density at radius 3 is 2.10 bits per heavy atom. The summed E-state index contributed by atoms with van der Waals surface area (Å²) in [4.78, 5) is 0. The number of hydrogen-bond acceptors (Lipinski definition) is 4. The van der Waals surface area contributed by atoms with E-state index in [4.69, 9.17) is 9.88 Å². The normalized spacial score (nSPS) is 20.2. The molecule has 2 aromatic carbocycles. The van der Waals surface area contributed by atoms with E-state index in [1.54, 1.807) is 7.11 Å². The number of rotatable bonds is 8. The third-order valence-corrected chi connectivity index (χ3v) is 6.37. The average Bonchev–Trinajstić information content (AvgIpc) is 2.83. The molecule has 0 bridgehead atoms.